The molecule has 0 radical (unpaired) electrons. The minimum absolute atomic E-state index is 0.292. The van der Waals surface area contributed by atoms with Crippen LogP contribution in [0.25, 0.3) is 0 Å². The molecule has 116 valence electrons. The number of fused-ring (bicyclic) bond motifs is 1. The van der Waals surface area contributed by atoms with Crippen LogP contribution in [0.15, 0.2) is 22.7 Å². The molecule has 6 nitrogen and oxygen atoms in total. The zero-order chi connectivity index (χ0) is 15.9. The number of hydrogen-bond acceptors (Lipinski definition) is 4. The standard InChI is InChI=1S/C14H14BrFN4O2/c1-8-17-18-13-7-19(12(14(21)22)6-20(8)13)5-9-2-10(15)4-11(16)3-9/h2-4,12H,5-7H2,1H3,(H,21,22). The first-order valence-corrected chi connectivity index (χ1v) is 7.54. The van der Waals surface area contributed by atoms with Gasteiger partial charge in [0.2, 0.25) is 0 Å². The lowest BCUT2D eigenvalue weighted by Crippen LogP contribution is -2.47. The Morgan fingerprint density at radius 3 is 2.91 bits per heavy atom. The summed E-state index contributed by atoms with van der Waals surface area (Å²) >= 11 is 3.25. The number of aliphatic carboxylic acids is 1. The van der Waals surface area contributed by atoms with Gasteiger partial charge < -0.3 is 9.67 Å². The van der Waals surface area contributed by atoms with Crippen molar-refractivity contribution in [1.82, 2.24) is 19.7 Å². The van der Waals surface area contributed by atoms with E-state index in [2.05, 4.69) is 26.1 Å². The highest BCUT2D eigenvalue weighted by Gasteiger charge is 2.33. The zero-order valence-electron chi connectivity index (χ0n) is 11.8. The molecule has 0 saturated carbocycles. The number of rotatable bonds is 3. The fraction of sp³-hybridized carbons (Fsp3) is 0.357. The van der Waals surface area contributed by atoms with Gasteiger partial charge in [0, 0.05) is 11.0 Å². The van der Waals surface area contributed by atoms with E-state index >= 15 is 0 Å². The van der Waals surface area contributed by atoms with Gasteiger partial charge in [-0.15, -0.1) is 10.2 Å². The maximum Gasteiger partial charge on any atom is 0.322 e. The topological polar surface area (TPSA) is 71.2 Å². The Morgan fingerprint density at radius 1 is 1.45 bits per heavy atom. The van der Waals surface area contributed by atoms with E-state index in [1.54, 1.807) is 17.9 Å². The SMILES string of the molecule is Cc1nnc2n1CC(C(=O)O)N(Cc1cc(F)cc(Br)c1)C2. The third-order valence-electron chi connectivity index (χ3n) is 3.75. The van der Waals surface area contributed by atoms with Gasteiger partial charge in [0.15, 0.2) is 0 Å². The highest BCUT2D eigenvalue weighted by Crippen LogP contribution is 2.22. The predicted molar refractivity (Wildman–Crippen MR) is 79.5 cm³/mol. The van der Waals surface area contributed by atoms with Crippen molar-refractivity contribution < 1.29 is 14.3 Å². The number of nitrogens with zero attached hydrogens (tertiary/aromatic N) is 4. The summed E-state index contributed by atoms with van der Waals surface area (Å²) in [7, 11) is 0. The molecule has 0 amide bonds. The number of carboxylic acids is 1. The third-order valence-corrected chi connectivity index (χ3v) is 4.20. The van der Waals surface area contributed by atoms with E-state index in [9.17, 15) is 14.3 Å². The molecule has 3 rings (SSSR count). The van der Waals surface area contributed by atoms with Gasteiger partial charge in [-0.05, 0) is 30.7 Å². The van der Waals surface area contributed by atoms with Crippen LogP contribution in [-0.2, 0) is 24.4 Å². The lowest BCUT2D eigenvalue weighted by molar-refractivity contribution is -0.145. The molecule has 0 saturated heterocycles. The summed E-state index contributed by atoms with van der Waals surface area (Å²) in [5.41, 5.74) is 0.711. The van der Waals surface area contributed by atoms with E-state index in [-0.39, 0.29) is 5.82 Å². The van der Waals surface area contributed by atoms with Gasteiger partial charge in [0.05, 0.1) is 13.1 Å². The highest BCUT2D eigenvalue weighted by atomic mass is 79.9. The summed E-state index contributed by atoms with van der Waals surface area (Å²) in [5, 5.41) is 17.5. The van der Waals surface area contributed by atoms with Crippen molar-refractivity contribution in [3.05, 3.63) is 45.7 Å². The van der Waals surface area contributed by atoms with Gasteiger partial charge in [0.25, 0.3) is 0 Å². The first kappa shape index (κ1) is 15.1. The number of hydrogen-bond donors (Lipinski definition) is 1. The second-order valence-corrected chi connectivity index (χ2v) is 6.23. The molecule has 22 heavy (non-hydrogen) atoms. The molecule has 1 aliphatic rings. The van der Waals surface area contributed by atoms with Gasteiger partial charge in [-0.1, -0.05) is 15.9 Å². The number of carbonyl (C=O) groups is 1. The maximum atomic E-state index is 13.5. The molecule has 1 N–H and O–H groups in total. The molecule has 2 heterocycles. The van der Waals surface area contributed by atoms with Gasteiger partial charge in [-0.3, -0.25) is 9.69 Å². The third kappa shape index (κ3) is 2.89. The minimum atomic E-state index is -0.908. The lowest BCUT2D eigenvalue weighted by atomic mass is 10.1. The summed E-state index contributed by atoms with van der Waals surface area (Å²) in [6.45, 7) is 2.79. The Labute approximate surface area is 134 Å². The molecule has 0 aliphatic carbocycles. The molecule has 1 aromatic heterocycles. The average Bonchev–Trinajstić information content (AvgIpc) is 2.77. The Kier molecular flexibility index (Phi) is 3.96. The highest BCUT2D eigenvalue weighted by molar-refractivity contribution is 9.10. The first-order valence-electron chi connectivity index (χ1n) is 6.74. The van der Waals surface area contributed by atoms with Crippen molar-refractivity contribution >= 4 is 21.9 Å². The largest absolute Gasteiger partial charge is 0.480 e. The molecule has 1 unspecified atom stereocenters. The van der Waals surface area contributed by atoms with E-state index in [0.717, 1.165) is 5.82 Å². The quantitative estimate of drug-likeness (QED) is 0.896. The van der Waals surface area contributed by atoms with Gasteiger partial charge in [-0.25, -0.2) is 4.39 Å². The van der Waals surface area contributed by atoms with Crippen molar-refractivity contribution in [1.29, 1.82) is 0 Å². The molecule has 2 aromatic rings. The second-order valence-electron chi connectivity index (χ2n) is 5.31. The van der Waals surface area contributed by atoms with Crippen LogP contribution < -0.4 is 0 Å². The van der Waals surface area contributed by atoms with Crippen LogP contribution in [0, 0.1) is 12.7 Å². The Morgan fingerprint density at radius 2 is 2.23 bits per heavy atom. The van der Waals surface area contributed by atoms with E-state index in [0.29, 0.717) is 35.5 Å². The van der Waals surface area contributed by atoms with Crippen molar-refractivity contribution in [2.45, 2.75) is 32.6 Å². The smallest absolute Gasteiger partial charge is 0.322 e. The van der Waals surface area contributed by atoms with Crippen molar-refractivity contribution in [3.8, 4) is 0 Å². The number of benzene rings is 1. The van der Waals surface area contributed by atoms with Gasteiger partial charge >= 0.3 is 5.97 Å². The van der Waals surface area contributed by atoms with Crippen molar-refractivity contribution in [3.63, 3.8) is 0 Å². The van der Waals surface area contributed by atoms with Crippen LogP contribution in [-0.4, -0.2) is 36.8 Å². The van der Waals surface area contributed by atoms with Crippen molar-refractivity contribution in [2.24, 2.45) is 0 Å². The summed E-state index contributed by atoms with van der Waals surface area (Å²) in [4.78, 5) is 13.3. The van der Waals surface area contributed by atoms with Crippen LogP contribution in [0.1, 0.15) is 17.2 Å². The fourth-order valence-electron chi connectivity index (χ4n) is 2.70. The monoisotopic (exact) mass is 368 g/mol. The number of carboxylic acid groups (broad SMARTS) is 1. The van der Waals surface area contributed by atoms with Gasteiger partial charge in [-0.2, -0.15) is 0 Å². The number of halogens is 2. The van der Waals surface area contributed by atoms with Crippen LogP contribution in [0.5, 0.6) is 0 Å². The minimum Gasteiger partial charge on any atom is -0.480 e. The first-order chi connectivity index (χ1) is 10.4. The maximum absolute atomic E-state index is 13.5. The normalized spacial score (nSPS) is 18.2. The van der Waals surface area contributed by atoms with Gasteiger partial charge in [0.1, 0.15) is 23.5 Å². The summed E-state index contributed by atoms with van der Waals surface area (Å²) in [6.07, 6.45) is 0. The van der Waals surface area contributed by atoms with E-state index in [4.69, 9.17) is 0 Å². The number of aromatic nitrogens is 3. The molecule has 0 bridgehead atoms. The van der Waals surface area contributed by atoms with Crippen molar-refractivity contribution in [2.75, 3.05) is 0 Å². The molecule has 1 aliphatic heterocycles. The van der Waals surface area contributed by atoms with E-state index in [1.807, 2.05) is 4.57 Å². The number of aryl methyl sites for hydroxylation is 1. The Hall–Kier alpha value is -1.80. The molecule has 1 aromatic carbocycles. The summed E-state index contributed by atoms with van der Waals surface area (Å²) < 4.78 is 15.9. The molecule has 1 atom stereocenters. The predicted octanol–water partition coefficient (Wildman–Crippen LogP) is 1.96. The molecule has 8 heteroatoms. The molecule has 0 spiro atoms. The van der Waals surface area contributed by atoms with Crippen LogP contribution in [0.2, 0.25) is 0 Å². The van der Waals surface area contributed by atoms with E-state index in [1.165, 1.54) is 12.1 Å². The zero-order valence-corrected chi connectivity index (χ0v) is 13.4. The second kappa shape index (κ2) is 5.77. The van der Waals surface area contributed by atoms with Crippen LogP contribution >= 0.6 is 15.9 Å². The molecular weight excluding hydrogens is 355 g/mol. The fourth-order valence-corrected chi connectivity index (χ4v) is 3.21. The Balaban J connectivity index is 1.89. The Bertz CT molecular complexity index is 713. The van der Waals surface area contributed by atoms with Crippen LogP contribution in [0.3, 0.4) is 0 Å². The molecule has 0 fully saturated rings. The average molecular weight is 369 g/mol. The van der Waals surface area contributed by atoms with Crippen LogP contribution in [0.4, 0.5) is 4.39 Å². The molecular formula is C14H14BrFN4O2. The summed E-state index contributed by atoms with van der Waals surface area (Å²) in [5.74, 6) is 0.168. The van der Waals surface area contributed by atoms with E-state index < -0.39 is 12.0 Å². The lowest BCUT2D eigenvalue weighted by Gasteiger charge is -2.33. The summed E-state index contributed by atoms with van der Waals surface area (Å²) in [6, 6.07) is 3.87.